The van der Waals surface area contributed by atoms with Gasteiger partial charge in [0.1, 0.15) is 0 Å². The second kappa shape index (κ2) is 4.97. The van der Waals surface area contributed by atoms with E-state index in [1.807, 2.05) is 6.92 Å². The highest BCUT2D eigenvalue weighted by atomic mass is 16.5. The summed E-state index contributed by atoms with van der Waals surface area (Å²) in [5, 5.41) is 8.69. The van der Waals surface area contributed by atoms with Gasteiger partial charge in [0.15, 0.2) is 0 Å². The molecular weight excluding hydrogens is 206 g/mol. The molecular formula is C12H21NO3. The SMILES string of the molecule is C/C(=C\C(=O)O)C1CN(C(C)(C)C)CCO1. The number of hydrogen-bond donors (Lipinski definition) is 1. The molecule has 1 N–H and O–H groups in total. The van der Waals surface area contributed by atoms with E-state index in [2.05, 4.69) is 25.7 Å². The van der Waals surface area contributed by atoms with Crippen LogP contribution in [0.5, 0.6) is 0 Å². The summed E-state index contributed by atoms with van der Waals surface area (Å²) in [7, 11) is 0. The second-order valence-corrected chi connectivity index (χ2v) is 5.20. The van der Waals surface area contributed by atoms with Crippen molar-refractivity contribution in [2.24, 2.45) is 0 Å². The molecule has 0 aromatic carbocycles. The first kappa shape index (κ1) is 13.2. The van der Waals surface area contributed by atoms with E-state index < -0.39 is 5.97 Å². The van der Waals surface area contributed by atoms with Crippen molar-refractivity contribution < 1.29 is 14.6 Å². The van der Waals surface area contributed by atoms with Gasteiger partial charge in [0, 0.05) is 24.7 Å². The predicted molar refractivity (Wildman–Crippen MR) is 62.5 cm³/mol. The Hall–Kier alpha value is -0.870. The lowest BCUT2D eigenvalue weighted by Gasteiger charge is -2.41. The van der Waals surface area contributed by atoms with Crippen LogP contribution in [0.25, 0.3) is 0 Å². The molecule has 1 heterocycles. The molecule has 0 aromatic rings. The third-order valence-electron chi connectivity index (χ3n) is 2.87. The van der Waals surface area contributed by atoms with Crippen LogP contribution in [-0.2, 0) is 9.53 Å². The monoisotopic (exact) mass is 227 g/mol. The van der Waals surface area contributed by atoms with Crippen molar-refractivity contribution in [1.29, 1.82) is 0 Å². The molecule has 0 saturated carbocycles. The number of carboxylic acid groups (broad SMARTS) is 1. The number of nitrogens with zero attached hydrogens (tertiary/aromatic N) is 1. The topological polar surface area (TPSA) is 49.8 Å². The molecule has 0 amide bonds. The van der Waals surface area contributed by atoms with Crippen LogP contribution >= 0.6 is 0 Å². The Bertz CT molecular complexity index is 291. The fourth-order valence-corrected chi connectivity index (χ4v) is 1.82. The number of rotatable bonds is 2. The number of carboxylic acids is 1. The molecule has 1 aliphatic rings. The normalized spacial score (nSPS) is 24.5. The first-order valence-corrected chi connectivity index (χ1v) is 5.58. The number of hydrogen-bond acceptors (Lipinski definition) is 3. The number of aliphatic carboxylic acids is 1. The maximum absolute atomic E-state index is 10.6. The Morgan fingerprint density at radius 1 is 1.50 bits per heavy atom. The molecule has 1 aliphatic heterocycles. The molecule has 4 heteroatoms. The van der Waals surface area contributed by atoms with Gasteiger partial charge in [0.05, 0.1) is 12.7 Å². The van der Waals surface area contributed by atoms with Crippen molar-refractivity contribution in [3.63, 3.8) is 0 Å². The summed E-state index contributed by atoms with van der Waals surface area (Å²) in [4.78, 5) is 12.9. The third kappa shape index (κ3) is 3.61. The zero-order valence-electron chi connectivity index (χ0n) is 10.5. The molecule has 0 aromatic heterocycles. The molecule has 4 nitrogen and oxygen atoms in total. The smallest absolute Gasteiger partial charge is 0.328 e. The molecule has 0 aliphatic carbocycles. The Balaban J connectivity index is 2.67. The zero-order valence-corrected chi connectivity index (χ0v) is 10.5. The Labute approximate surface area is 96.9 Å². The highest BCUT2D eigenvalue weighted by Crippen LogP contribution is 2.20. The fourth-order valence-electron chi connectivity index (χ4n) is 1.82. The van der Waals surface area contributed by atoms with Gasteiger partial charge >= 0.3 is 5.97 Å². The van der Waals surface area contributed by atoms with Crippen LogP contribution in [0.1, 0.15) is 27.7 Å². The highest BCUT2D eigenvalue weighted by molar-refractivity contribution is 5.80. The average molecular weight is 227 g/mol. The molecule has 1 saturated heterocycles. The van der Waals surface area contributed by atoms with Crippen LogP contribution in [0.15, 0.2) is 11.6 Å². The molecule has 1 rings (SSSR count). The number of ether oxygens (including phenoxy) is 1. The molecule has 1 fully saturated rings. The van der Waals surface area contributed by atoms with Gasteiger partial charge in [-0.05, 0) is 33.3 Å². The molecule has 0 bridgehead atoms. The van der Waals surface area contributed by atoms with Gasteiger partial charge in [-0.3, -0.25) is 4.90 Å². The van der Waals surface area contributed by atoms with Crippen LogP contribution in [0.4, 0.5) is 0 Å². The first-order chi connectivity index (χ1) is 7.30. The largest absolute Gasteiger partial charge is 0.478 e. The van der Waals surface area contributed by atoms with E-state index in [0.29, 0.717) is 6.61 Å². The van der Waals surface area contributed by atoms with Gasteiger partial charge in [-0.25, -0.2) is 4.79 Å². The Kier molecular flexibility index (Phi) is 4.10. The van der Waals surface area contributed by atoms with Crippen LogP contribution < -0.4 is 0 Å². The van der Waals surface area contributed by atoms with Crippen LogP contribution in [-0.4, -0.2) is 47.3 Å². The van der Waals surface area contributed by atoms with Crippen molar-refractivity contribution in [1.82, 2.24) is 4.90 Å². The van der Waals surface area contributed by atoms with E-state index in [-0.39, 0.29) is 11.6 Å². The van der Waals surface area contributed by atoms with E-state index in [0.717, 1.165) is 18.7 Å². The highest BCUT2D eigenvalue weighted by Gasteiger charge is 2.29. The predicted octanol–water partition coefficient (Wildman–Crippen LogP) is 1.52. The summed E-state index contributed by atoms with van der Waals surface area (Å²) >= 11 is 0. The quantitative estimate of drug-likeness (QED) is 0.727. The molecule has 0 radical (unpaired) electrons. The van der Waals surface area contributed by atoms with Crippen molar-refractivity contribution >= 4 is 5.97 Å². The minimum absolute atomic E-state index is 0.0934. The van der Waals surface area contributed by atoms with Gasteiger partial charge in [0.2, 0.25) is 0 Å². The van der Waals surface area contributed by atoms with Crippen molar-refractivity contribution in [3.8, 4) is 0 Å². The summed E-state index contributed by atoms with van der Waals surface area (Å²) in [6.07, 6.45) is 1.14. The van der Waals surface area contributed by atoms with E-state index in [9.17, 15) is 4.79 Å². The summed E-state index contributed by atoms with van der Waals surface area (Å²) in [6.45, 7) is 10.6. The molecule has 92 valence electrons. The minimum Gasteiger partial charge on any atom is -0.478 e. The molecule has 16 heavy (non-hydrogen) atoms. The lowest BCUT2D eigenvalue weighted by atomic mass is 10.0. The van der Waals surface area contributed by atoms with E-state index in [1.165, 1.54) is 6.08 Å². The maximum Gasteiger partial charge on any atom is 0.328 e. The van der Waals surface area contributed by atoms with E-state index in [1.54, 1.807) is 0 Å². The summed E-state index contributed by atoms with van der Waals surface area (Å²) < 4.78 is 5.59. The lowest BCUT2D eigenvalue weighted by Crippen LogP contribution is -2.51. The maximum atomic E-state index is 10.6. The fraction of sp³-hybridized carbons (Fsp3) is 0.750. The minimum atomic E-state index is -0.908. The average Bonchev–Trinajstić information content (AvgIpc) is 2.15. The number of carbonyl (C=O) groups is 1. The zero-order chi connectivity index (χ0) is 12.3. The van der Waals surface area contributed by atoms with Gasteiger partial charge < -0.3 is 9.84 Å². The van der Waals surface area contributed by atoms with Gasteiger partial charge in [-0.1, -0.05) is 0 Å². The van der Waals surface area contributed by atoms with Gasteiger partial charge in [-0.15, -0.1) is 0 Å². The third-order valence-corrected chi connectivity index (χ3v) is 2.87. The Morgan fingerprint density at radius 3 is 2.62 bits per heavy atom. The van der Waals surface area contributed by atoms with Gasteiger partial charge in [0.25, 0.3) is 0 Å². The molecule has 1 unspecified atom stereocenters. The standard InChI is InChI=1S/C12H21NO3/c1-9(7-11(14)15)10-8-13(5-6-16-10)12(2,3)4/h7,10H,5-6,8H2,1-4H3,(H,14,15)/b9-7+. The van der Waals surface area contributed by atoms with Gasteiger partial charge in [-0.2, -0.15) is 0 Å². The van der Waals surface area contributed by atoms with E-state index >= 15 is 0 Å². The molecule has 0 spiro atoms. The van der Waals surface area contributed by atoms with Crippen LogP contribution in [0.3, 0.4) is 0 Å². The van der Waals surface area contributed by atoms with Crippen molar-refractivity contribution in [2.45, 2.75) is 39.3 Å². The van der Waals surface area contributed by atoms with Crippen molar-refractivity contribution in [2.75, 3.05) is 19.7 Å². The molecule has 1 atom stereocenters. The van der Waals surface area contributed by atoms with Crippen molar-refractivity contribution in [3.05, 3.63) is 11.6 Å². The Morgan fingerprint density at radius 2 is 2.12 bits per heavy atom. The first-order valence-electron chi connectivity index (χ1n) is 5.58. The summed E-state index contributed by atoms with van der Waals surface area (Å²) in [6, 6.07) is 0. The summed E-state index contributed by atoms with van der Waals surface area (Å²) in [5.41, 5.74) is 0.882. The number of morpholine rings is 1. The van der Waals surface area contributed by atoms with Crippen LogP contribution in [0, 0.1) is 0 Å². The van der Waals surface area contributed by atoms with Crippen LogP contribution in [0.2, 0.25) is 0 Å². The lowest BCUT2D eigenvalue weighted by molar-refractivity contribution is -0.131. The summed E-state index contributed by atoms with van der Waals surface area (Å²) in [5.74, 6) is -0.908. The van der Waals surface area contributed by atoms with E-state index in [4.69, 9.17) is 9.84 Å². The second-order valence-electron chi connectivity index (χ2n) is 5.20.